The first-order valence-corrected chi connectivity index (χ1v) is 6.02. The zero-order chi connectivity index (χ0) is 11.2. The quantitative estimate of drug-likeness (QED) is 0.443. The second kappa shape index (κ2) is 2.42. The number of rotatable bonds is 0. The molecule has 2 aliphatic rings. The smallest absolute Gasteiger partial charge is 0.0957 e. The van der Waals surface area contributed by atoms with E-state index < -0.39 is 8.67 Å². The van der Waals surface area contributed by atoms with Crippen LogP contribution in [0, 0.1) is 10.8 Å². The third kappa shape index (κ3) is 0.993. The average Bonchev–Trinajstić information content (AvgIpc) is 2.46. The number of hydrogen-bond donors (Lipinski definition) is 0. The van der Waals surface area contributed by atoms with Crippen LogP contribution in [0.1, 0.15) is 27.7 Å². The van der Waals surface area contributed by atoms with Gasteiger partial charge in [0.1, 0.15) is 8.67 Å². The van der Waals surface area contributed by atoms with Gasteiger partial charge in [0.05, 0.1) is 0 Å². The van der Waals surface area contributed by atoms with E-state index in [0.717, 1.165) is 11.1 Å². The monoisotopic (exact) mass is 272 g/mol. The Balaban J connectivity index is 2.51. The molecule has 0 aromatic rings. The summed E-state index contributed by atoms with van der Waals surface area (Å²) >= 11 is 24.7. The molecule has 0 unspecified atom stereocenters. The minimum absolute atomic E-state index is 0.200. The summed E-state index contributed by atoms with van der Waals surface area (Å²) in [7, 11) is 0. The minimum atomic E-state index is -0.787. The van der Waals surface area contributed by atoms with Crippen molar-refractivity contribution in [1.82, 2.24) is 0 Å². The van der Waals surface area contributed by atoms with Crippen molar-refractivity contribution < 1.29 is 0 Å². The molecule has 0 heterocycles. The lowest BCUT2D eigenvalue weighted by molar-refractivity contribution is 0.654. The van der Waals surface area contributed by atoms with E-state index in [1.807, 2.05) is 27.7 Å². The van der Waals surface area contributed by atoms with Crippen LogP contribution in [0.4, 0.5) is 0 Å². The minimum Gasteiger partial charge on any atom is -0.0957 e. The van der Waals surface area contributed by atoms with Crippen LogP contribution >= 0.6 is 46.4 Å². The molecule has 14 heavy (non-hydrogen) atoms. The van der Waals surface area contributed by atoms with Gasteiger partial charge in [-0.15, -0.1) is 0 Å². The van der Waals surface area contributed by atoms with Crippen molar-refractivity contribution in [2.75, 3.05) is 0 Å². The first-order valence-electron chi connectivity index (χ1n) is 4.51. The van der Waals surface area contributed by atoms with Crippen molar-refractivity contribution >= 4 is 46.4 Å². The fourth-order valence-electron chi connectivity index (χ4n) is 2.07. The lowest BCUT2D eigenvalue weighted by Crippen LogP contribution is -1.96. The van der Waals surface area contributed by atoms with E-state index in [-0.39, 0.29) is 10.8 Å². The standard InChI is InChI=1S/C10H12Cl4/c1-7(2)5(9(7,11)12)6-8(3,4)10(6,13)14/h1-4H3/b6-5+. The van der Waals surface area contributed by atoms with Crippen molar-refractivity contribution in [3.63, 3.8) is 0 Å². The Morgan fingerprint density at radius 1 is 0.643 bits per heavy atom. The molecule has 4 heteroatoms. The molecule has 0 atom stereocenters. The second-order valence-electron chi connectivity index (χ2n) is 5.15. The number of hydrogen-bond acceptors (Lipinski definition) is 0. The lowest BCUT2D eigenvalue weighted by atomic mass is 10.1. The maximum Gasteiger partial charge on any atom is 0.149 e. The molecule has 0 nitrogen and oxygen atoms in total. The average molecular weight is 274 g/mol. The van der Waals surface area contributed by atoms with Crippen molar-refractivity contribution in [3.8, 4) is 0 Å². The molecule has 0 aromatic carbocycles. The van der Waals surface area contributed by atoms with Gasteiger partial charge in [0.25, 0.3) is 0 Å². The van der Waals surface area contributed by atoms with Crippen LogP contribution in [-0.4, -0.2) is 8.67 Å². The Hall–Kier alpha value is 0.900. The van der Waals surface area contributed by atoms with E-state index in [4.69, 9.17) is 46.4 Å². The fourth-order valence-corrected chi connectivity index (χ4v) is 3.58. The molecule has 80 valence electrons. The SMILES string of the molecule is CC1(C)/C(=C2/C(C)(C)C2(Cl)Cl)C1(Cl)Cl. The molecule has 0 radical (unpaired) electrons. The number of allylic oxidation sites excluding steroid dienone is 2. The summed E-state index contributed by atoms with van der Waals surface area (Å²) in [6.45, 7) is 8.03. The predicted molar refractivity (Wildman–Crippen MR) is 63.5 cm³/mol. The van der Waals surface area contributed by atoms with Gasteiger partial charge in [0.2, 0.25) is 0 Å². The largest absolute Gasteiger partial charge is 0.149 e. The summed E-state index contributed by atoms with van der Waals surface area (Å²) in [6, 6.07) is 0. The van der Waals surface area contributed by atoms with Crippen LogP contribution in [-0.2, 0) is 0 Å². The summed E-state index contributed by atoms with van der Waals surface area (Å²) in [5, 5.41) is 0. The van der Waals surface area contributed by atoms with Crippen LogP contribution in [0.15, 0.2) is 11.1 Å². The summed E-state index contributed by atoms with van der Waals surface area (Å²) in [6.07, 6.45) is 0. The Morgan fingerprint density at radius 2 is 0.786 bits per heavy atom. The molecule has 0 saturated heterocycles. The van der Waals surface area contributed by atoms with Crippen LogP contribution in [0.3, 0.4) is 0 Å². The van der Waals surface area contributed by atoms with Crippen molar-refractivity contribution in [2.24, 2.45) is 10.8 Å². The zero-order valence-electron chi connectivity index (χ0n) is 8.51. The van der Waals surface area contributed by atoms with Gasteiger partial charge in [-0.05, 0) is 11.1 Å². The number of alkyl halides is 4. The summed E-state index contributed by atoms with van der Waals surface area (Å²) < 4.78 is -1.57. The molecule has 0 amide bonds. The first kappa shape index (κ1) is 11.4. The third-order valence-electron chi connectivity index (χ3n) is 3.57. The molecule has 0 bridgehead atoms. The Labute approximate surface area is 105 Å². The highest BCUT2D eigenvalue weighted by Gasteiger charge is 2.77. The molecule has 0 aromatic heterocycles. The molecular formula is C10H12Cl4. The molecule has 0 spiro atoms. The van der Waals surface area contributed by atoms with Crippen molar-refractivity contribution in [3.05, 3.63) is 11.1 Å². The zero-order valence-corrected chi connectivity index (χ0v) is 11.5. The van der Waals surface area contributed by atoms with Crippen molar-refractivity contribution in [2.45, 2.75) is 36.4 Å². The highest BCUT2D eigenvalue weighted by Crippen LogP contribution is 2.80. The predicted octanol–water partition coefficient (Wildman–Crippen LogP) is 4.71. The maximum atomic E-state index is 6.18. The van der Waals surface area contributed by atoms with E-state index in [0.29, 0.717) is 0 Å². The molecule has 0 N–H and O–H groups in total. The molecule has 2 saturated carbocycles. The van der Waals surface area contributed by atoms with Gasteiger partial charge in [0, 0.05) is 10.8 Å². The second-order valence-corrected chi connectivity index (χ2v) is 7.80. The summed E-state index contributed by atoms with van der Waals surface area (Å²) in [5.74, 6) is 0. The van der Waals surface area contributed by atoms with E-state index in [2.05, 4.69) is 0 Å². The van der Waals surface area contributed by atoms with Gasteiger partial charge in [-0.25, -0.2) is 0 Å². The van der Waals surface area contributed by atoms with Gasteiger partial charge in [0.15, 0.2) is 0 Å². The Morgan fingerprint density at radius 3 is 0.857 bits per heavy atom. The van der Waals surface area contributed by atoms with E-state index in [1.165, 1.54) is 0 Å². The van der Waals surface area contributed by atoms with E-state index in [1.54, 1.807) is 0 Å². The van der Waals surface area contributed by atoms with Crippen molar-refractivity contribution in [1.29, 1.82) is 0 Å². The van der Waals surface area contributed by atoms with Gasteiger partial charge in [-0.1, -0.05) is 74.1 Å². The van der Waals surface area contributed by atoms with Crippen LogP contribution in [0.2, 0.25) is 0 Å². The molecule has 2 fully saturated rings. The molecule has 2 rings (SSSR count). The summed E-state index contributed by atoms with van der Waals surface area (Å²) in [5.41, 5.74) is 1.61. The van der Waals surface area contributed by atoms with E-state index >= 15 is 0 Å². The molecular weight excluding hydrogens is 262 g/mol. The van der Waals surface area contributed by atoms with Crippen LogP contribution < -0.4 is 0 Å². The Bertz CT molecular complexity index is 281. The van der Waals surface area contributed by atoms with Crippen LogP contribution in [0.5, 0.6) is 0 Å². The Kier molecular flexibility index (Phi) is 1.97. The molecule has 0 aliphatic heterocycles. The van der Waals surface area contributed by atoms with Gasteiger partial charge in [-0.2, -0.15) is 0 Å². The van der Waals surface area contributed by atoms with Gasteiger partial charge in [-0.3, -0.25) is 0 Å². The highest BCUT2D eigenvalue weighted by atomic mass is 35.5. The topological polar surface area (TPSA) is 0 Å². The fraction of sp³-hybridized carbons (Fsp3) is 0.800. The lowest BCUT2D eigenvalue weighted by Gasteiger charge is -1.97. The van der Waals surface area contributed by atoms with Crippen LogP contribution in [0.25, 0.3) is 0 Å². The van der Waals surface area contributed by atoms with E-state index in [9.17, 15) is 0 Å². The summed E-state index contributed by atoms with van der Waals surface area (Å²) in [4.78, 5) is 0. The normalized spacial score (nSPS) is 39.4. The maximum absolute atomic E-state index is 6.18. The van der Waals surface area contributed by atoms with Gasteiger partial charge < -0.3 is 0 Å². The molecule has 2 aliphatic carbocycles. The highest BCUT2D eigenvalue weighted by molar-refractivity contribution is 6.58. The third-order valence-corrected chi connectivity index (χ3v) is 6.22. The van der Waals surface area contributed by atoms with Gasteiger partial charge >= 0.3 is 0 Å². The first-order chi connectivity index (χ1) is 5.99. The number of halogens is 4.